The number of anilines is 1. The predicted octanol–water partition coefficient (Wildman–Crippen LogP) is 1.43. The number of rotatable bonds is 4. The fraction of sp³-hybridized carbons (Fsp3) is 0.273. The number of non-ortho nitro benzene ring substituents is 1. The number of hydrogen-bond donors (Lipinski definition) is 1. The first-order valence-electron chi connectivity index (χ1n) is 6.08. The topological polar surface area (TPSA) is 125 Å². The predicted molar refractivity (Wildman–Crippen MR) is 71.5 cm³/mol. The van der Waals surface area contributed by atoms with E-state index in [2.05, 4.69) is 30.5 Å². The number of nitrogens with one attached hydrogen (secondary N) is 1. The van der Waals surface area contributed by atoms with Crippen molar-refractivity contribution < 1.29 is 9.55 Å². The van der Waals surface area contributed by atoms with E-state index in [0.717, 1.165) is 5.82 Å². The lowest BCUT2D eigenvalue weighted by Crippen LogP contribution is -2.12. The van der Waals surface area contributed by atoms with Crippen LogP contribution in [0, 0.1) is 10.1 Å². The van der Waals surface area contributed by atoms with Crippen molar-refractivity contribution in [3.05, 3.63) is 34.4 Å². The first-order valence-corrected chi connectivity index (χ1v) is 6.08. The van der Waals surface area contributed by atoms with Gasteiger partial charge in [0.05, 0.1) is 16.7 Å². The van der Waals surface area contributed by atoms with Crippen molar-refractivity contribution in [3.63, 3.8) is 0 Å². The summed E-state index contributed by atoms with van der Waals surface area (Å²) in [6.07, 6.45) is 1.59. The molecule has 0 saturated heterocycles. The summed E-state index contributed by atoms with van der Waals surface area (Å²) >= 11 is 0. The molecule has 108 valence electrons. The summed E-state index contributed by atoms with van der Waals surface area (Å²) in [6.45, 7) is 1.89. The summed E-state index contributed by atoms with van der Waals surface area (Å²) in [4.78, 5) is 10.4. The van der Waals surface area contributed by atoms with Crippen LogP contribution in [0.1, 0.15) is 18.8 Å². The maximum Gasteiger partial charge on any atom is 0.300 e. The molecule has 21 heavy (non-hydrogen) atoms. The zero-order valence-electron chi connectivity index (χ0n) is 11.2. The van der Waals surface area contributed by atoms with Gasteiger partial charge in [-0.3, -0.25) is 10.1 Å². The number of aromatic nitrogens is 5. The number of fused-ring (bicyclic) bond motifs is 1. The zero-order chi connectivity index (χ0) is 15.0. The normalized spacial score (nSPS) is 12.5. The van der Waals surface area contributed by atoms with Crippen molar-refractivity contribution in [1.29, 1.82) is 0 Å². The zero-order valence-corrected chi connectivity index (χ0v) is 11.2. The lowest BCUT2D eigenvalue weighted by molar-refractivity contribution is -0.383. The van der Waals surface area contributed by atoms with Crippen molar-refractivity contribution in [2.75, 3.05) is 5.32 Å². The SMILES string of the molecule is CC(Nc1ccc([N+](=O)[O-])c2nonc12)c1nncn1C. The Morgan fingerprint density at radius 1 is 1.38 bits per heavy atom. The summed E-state index contributed by atoms with van der Waals surface area (Å²) < 4.78 is 6.39. The third-order valence-corrected chi connectivity index (χ3v) is 3.10. The Bertz CT molecular complexity index is 809. The van der Waals surface area contributed by atoms with E-state index in [0.29, 0.717) is 11.2 Å². The van der Waals surface area contributed by atoms with Crippen molar-refractivity contribution in [3.8, 4) is 0 Å². The average molecular weight is 289 g/mol. The number of nitro benzene ring substituents is 1. The molecule has 1 atom stereocenters. The van der Waals surface area contributed by atoms with Gasteiger partial charge in [-0.2, -0.15) is 0 Å². The Hall–Kier alpha value is -3.04. The lowest BCUT2D eigenvalue weighted by Gasteiger charge is -2.14. The van der Waals surface area contributed by atoms with Crippen LogP contribution in [-0.2, 0) is 7.05 Å². The Morgan fingerprint density at radius 3 is 2.81 bits per heavy atom. The standard InChI is InChI=1S/C11H11N7O3/c1-6(11-14-12-5-17(11)2)13-7-3-4-8(18(19)20)10-9(7)15-21-16-10/h3-6,13H,1-2H3. The molecule has 0 radical (unpaired) electrons. The molecule has 10 nitrogen and oxygen atoms in total. The highest BCUT2D eigenvalue weighted by Crippen LogP contribution is 2.30. The molecule has 2 heterocycles. The fourth-order valence-electron chi connectivity index (χ4n) is 2.10. The first-order chi connectivity index (χ1) is 10.1. The van der Waals surface area contributed by atoms with Gasteiger partial charge in [0.15, 0.2) is 11.3 Å². The molecule has 0 aliphatic heterocycles. The number of nitro groups is 1. The minimum atomic E-state index is -0.525. The van der Waals surface area contributed by atoms with E-state index in [4.69, 9.17) is 0 Å². The van der Waals surface area contributed by atoms with Gasteiger partial charge in [-0.05, 0) is 23.3 Å². The van der Waals surface area contributed by atoms with Gasteiger partial charge >= 0.3 is 5.69 Å². The maximum atomic E-state index is 10.9. The molecule has 0 aliphatic rings. The molecule has 3 aromatic rings. The van der Waals surface area contributed by atoms with Gasteiger partial charge in [0.2, 0.25) is 5.52 Å². The van der Waals surface area contributed by atoms with Gasteiger partial charge in [0.1, 0.15) is 6.33 Å². The molecule has 1 aromatic carbocycles. The second kappa shape index (κ2) is 4.81. The van der Waals surface area contributed by atoms with Crippen LogP contribution in [-0.4, -0.2) is 30.0 Å². The summed E-state index contributed by atoms with van der Waals surface area (Å²) in [7, 11) is 1.83. The van der Waals surface area contributed by atoms with Crippen LogP contribution in [0.3, 0.4) is 0 Å². The van der Waals surface area contributed by atoms with Crippen LogP contribution in [0.15, 0.2) is 23.1 Å². The number of aryl methyl sites for hydroxylation is 1. The van der Waals surface area contributed by atoms with Crippen LogP contribution in [0.5, 0.6) is 0 Å². The summed E-state index contributed by atoms with van der Waals surface area (Å²) in [6, 6.07) is 2.76. The number of benzene rings is 1. The molecule has 0 fully saturated rings. The van der Waals surface area contributed by atoms with Crippen molar-refractivity contribution in [2.45, 2.75) is 13.0 Å². The minimum Gasteiger partial charge on any atom is -0.373 e. The van der Waals surface area contributed by atoms with Gasteiger partial charge in [0, 0.05) is 13.1 Å². The smallest absolute Gasteiger partial charge is 0.300 e. The van der Waals surface area contributed by atoms with Gasteiger partial charge < -0.3 is 9.88 Å². The van der Waals surface area contributed by atoms with Gasteiger partial charge in [-0.15, -0.1) is 10.2 Å². The van der Waals surface area contributed by atoms with Crippen molar-refractivity contribution >= 4 is 22.4 Å². The molecular weight excluding hydrogens is 278 g/mol. The van der Waals surface area contributed by atoms with Crippen LogP contribution in [0.25, 0.3) is 11.0 Å². The van der Waals surface area contributed by atoms with E-state index in [1.807, 2.05) is 14.0 Å². The summed E-state index contributed by atoms with van der Waals surface area (Å²) in [5.74, 6) is 0.720. The molecule has 1 unspecified atom stereocenters. The lowest BCUT2D eigenvalue weighted by atomic mass is 10.2. The molecule has 0 spiro atoms. The Kier molecular flexibility index (Phi) is 2.97. The largest absolute Gasteiger partial charge is 0.373 e. The van der Waals surface area contributed by atoms with E-state index < -0.39 is 4.92 Å². The van der Waals surface area contributed by atoms with Gasteiger partial charge in [-0.25, -0.2) is 4.63 Å². The Labute approximate surface area is 117 Å². The summed E-state index contributed by atoms with van der Waals surface area (Å²) in [5, 5.41) is 29.2. The minimum absolute atomic E-state index is 0.107. The van der Waals surface area contributed by atoms with E-state index in [1.165, 1.54) is 6.07 Å². The first kappa shape index (κ1) is 13.0. The third kappa shape index (κ3) is 2.16. The third-order valence-electron chi connectivity index (χ3n) is 3.10. The average Bonchev–Trinajstić information content (AvgIpc) is 3.07. The maximum absolute atomic E-state index is 10.9. The molecular formula is C11H11N7O3. The highest BCUT2D eigenvalue weighted by Gasteiger charge is 2.21. The Balaban J connectivity index is 1.99. The molecule has 0 bridgehead atoms. The van der Waals surface area contributed by atoms with Crippen molar-refractivity contribution in [2.24, 2.45) is 7.05 Å². The Morgan fingerprint density at radius 2 is 2.14 bits per heavy atom. The highest BCUT2D eigenvalue weighted by molar-refractivity contribution is 5.93. The molecule has 0 saturated carbocycles. The van der Waals surface area contributed by atoms with Crippen LogP contribution in [0.4, 0.5) is 11.4 Å². The molecule has 1 N–H and O–H groups in total. The van der Waals surface area contributed by atoms with Crippen molar-refractivity contribution in [1.82, 2.24) is 25.1 Å². The second-order valence-electron chi connectivity index (χ2n) is 4.52. The quantitative estimate of drug-likeness (QED) is 0.564. The fourth-order valence-corrected chi connectivity index (χ4v) is 2.10. The summed E-state index contributed by atoms with van der Waals surface area (Å²) in [5.41, 5.74) is 0.837. The second-order valence-corrected chi connectivity index (χ2v) is 4.52. The van der Waals surface area contributed by atoms with E-state index in [9.17, 15) is 10.1 Å². The van der Waals surface area contributed by atoms with Gasteiger partial charge in [-0.1, -0.05) is 0 Å². The van der Waals surface area contributed by atoms with Crippen LogP contribution in [0.2, 0.25) is 0 Å². The van der Waals surface area contributed by atoms with Gasteiger partial charge in [0.25, 0.3) is 0 Å². The highest BCUT2D eigenvalue weighted by atomic mass is 16.6. The monoisotopic (exact) mass is 289 g/mol. The molecule has 10 heteroatoms. The van der Waals surface area contributed by atoms with Crippen LogP contribution < -0.4 is 5.32 Å². The molecule has 3 rings (SSSR count). The number of hydrogen-bond acceptors (Lipinski definition) is 8. The number of nitrogens with zero attached hydrogens (tertiary/aromatic N) is 6. The van der Waals surface area contributed by atoms with E-state index >= 15 is 0 Å². The molecule has 0 amide bonds. The van der Waals surface area contributed by atoms with Crippen LogP contribution >= 0.6 is 0 Å². The van der Waals surface area contributed by atoms with E-state index in [1.54, 1.807) is 17.0 Å². The molecule has 2 aromatic heterocycles. The van der Waals surface area contributed by atoms with E-state index in [-0.39, 0.29) is 17.2 Å². The molecule has 0 aliphatic carbocycles.